The van der Waals surface area contributed by atoms with Crippen LogP contribution in [0, 0.1) is 6.92 Å². The Labute approximate surface area is 112 Å². The number of benzene rings is 2. The van der Waals surface area contributed by atoms with Gasteiger partial charge in [-0.05, 0) is 52.9 Å². The standard InChI is InChI=1S/C16H13ClO/c1-12-6-2-4-8-14(12)15-9-5-3-7-13(15)10-11-16(17)18/h2-11H,1H3. The number of halogens is 1. The zero-order valence-corrected chi connectivity index (χ0v) is 10.8. The third-order valence-electron chi connectivity index (χ3n) is 2.79. The Morgan fingerprint density at radius 1 is 1.00 bits per heavy atom. The molecule has 2 aromatic carbocycles. The maximum atomic E-state index is 10.8. The molecule has 2 heteroatoms. The molecule has 18 heavy (non-hydrogen) atoms. The first-order chi connectivity index (χ1) is 8.68. The minimum Gasteiger partial charge on any atom is -0.276 e. The van der Waals surface area contributed by atoms with Crippen molar-refractivity contribution in [1.29, 1.82) is 0 Å². The minimum absolute atomic E-state index is 0.463. The van der Waals surface area contributed by atoms with Crippen LogP contribution in [0.15, 0.2) is 54.6 Å². The molecule has 0 saturated heterocycles. The van der Waals surface area contributed by atoms with Crippen molar-refractivity contribution in [3.8, 4) is 11.1 Å². The van der Waals surface area contributed by atoms with E-state index in [1.165, 1.54) is 17.2 Å². The molecule has 0 N–H and O–H groups in total. The van der Waals surface area contributed by atoms with E-state index >= 15 is 0 Å². The summed E-state index contributed by atoms with van der Waals surface area (Å²) >= 11 is 5.33. The largest absolute Gasteiger partial charge is 0.276 e. The second kappa shape index (κ2) is 5.65. The van der Waals surface area contributed by atoms with E-state index in [2.05, 4.69) is 19.1 Å². The molecule has 0 amide bonds. The van der Waals surface area contributed by atoms with Crippen LogP contribution in [0.5, 0.6) is 0 Å². The van der Waals surface area contributed by atoms with Crippen LogP contribution in [0.25, 0.3) is 17.2 Å². The average molecular weight is 257 g/mol. The van der Waals surface area contributed by atoms with Crippen LogP contribution in [0.4, 0.5) is 0 Å². The third-order valence-corrected chi connectivity index (χ3v) is 2.92. The number of allylic oxidation sites excluding steroid dienone is 1. The van der Waals surface area contributed by atoms with Crippen molar-refractivity contribution in [2.24, 2.45) is 0 Å². The quantitative estimate of drug-likeness (QED) is 0.586. The topological polar surface area (TPSA) is 17.1 Å². The monoisotopic (exact) mass is 256 g/mol. The molecule has 0 aliphatic rings. The average Bonchev–Trinajstić information content (AvgIpc) is 2.37. The molecule has 0 spiro atoms. The van der Waals surface area contributed by atoms with Crippen molar-refractivity contribution in [3.63, 3.8) is 0 Å². The van der Waals surface area contributed by atoms with E-state index in [9.17, 15) is 4.79 Å². The predicted molar refractivity (Wildman–Crippen MR) is 76.5 cm³/mol. The molecular formula is C16H13ClO. The lowest BCUT2D eigenvalue weighted by molar-refractivity contribution is -0.107. The lowest BCUT2D eigenvalue weighted by atomic mass is 9.96. The van der Waals surface area contributed by atoms with Gasteiger partial charge in [0.25, 0.3) is 0 Å². The molecule has 0 bridgehead atoms. The first-order valence-electron chi connectivity index (χ1n) is 5.71. The van der Waals surface area contributed by atoms with E-state index in [0.717, 1.165) is 11.1 Å². The van der Waals surface area contributed by atoms with Crippen LogP contribution < -0.4 is 0 Å². The molecule has 0 fully saturated rings. The van der Waals surface area contributed by atoms with Crippen LogP contribution in [-0.2, 0) is 4.79 Å². The summed E-state index contributed by atoms with van der Waals surface area (Å²) in [6.45, 7) is 2.07. The highest BCUT2D eigenvalue weighted by Crippen LogP contribution is 2.27. The van der Waals surface area contributed by atoms with Crippen molar-refractivity contribution < 1.29 is 4.79 Å². The van der Waals surface area contributed by atoms with E-state index in [0.29, 0.717) is 0 Å². The second-order valence-corrected chi connectivity index (χ2v) is 4.41. The Bertz CT molecular complexity index is 600. The molecule has 0 saturated carbocycles. The van der Waals surface area contributed by atoms with E-state index in [4.69, 9.17) is 11.6 Å². The molecule has 1 nitrogen and oxygen atoms in total. The van der Waals surface area contributed by atoms with E-state index in [-0.39, 0.29) is 0 Å². The van der Waals surface area contributed by atoms with Crippen LogP contribution in [0.1, 0.15) is 11.1 Å². The molecule has 2 aromatic rings. The Morgan fingerprint density at radius 2 is 1.61 bits per heavy atom. The van der Waals surface area contributed by atoms with Crippen molar-refractivity contribution in [3.05, 3.63) is 65.7 Å². The molecule has 0 heterocycles. The summed E-state index contributed by atoms with van der Waals surface area (Å²) in [5.74, 6) is 0. The first kappa shape index (κ1) is 12.6. The van der Waals surface area contributed by atoms with Gasteiger partial charge in [0.15, 0.2) is 0 Å². The third kappa shape index (κ3) is 2.88. The molecule has 0 radical (unpaired) electrons. The van der Waals surface area contributed by atoms with Gasteiger partial charge in [-0.2, -0.15) is 0 Å². The summed E-state index contributed by atoms with van der Waals surface area (Å²) < 4.78 is 0. The molecule has 0 aliphatic carbocycles. The van der Waals surface area contributed by atoms with Gasteiger partial charge in [0, 0.05) is 0 Å². The second-order valence-electron chi connectivity index (χ2n) is 4.04. The number of carbonyl (C=O) groups is 1. The van der Waals surface area contributed by atoms with Gasteiger partial charge in [-0.1, -0.05) is 48.5 Å². The van der Waals surface area contributed by atoms with Gasteiger partial charge in [0.1, 0.15) is 0 Å². The fourth-order valence-electron chi connectivity index (χ4n) is 1.92. The van der Waals surface area contributed by atoms with Crippen LogP contribution in [0.3, 0.4) is 0 Å². The predicted octanol–water partition coefficient (Wildman–Crippen LogP) is 4.44. The van der Waals surface area contributed by atoms with E-state index in [1.54, 1.807) is 6.08 Å². The minimum atomic E-state index is -0.463. The normalized spacial score (nSPS) is 10.8. The maximum Gasteiger partial charge on any atom is 0.245 e. The van der Waals surface area contributed by atoms with Crippen LogP contribution >= 0.6 is 11.6 Å². The molecule has 0 atom stereocenters. The molecule has 0 aliphatic heterocycles. The number of hydrogen-bond donors (Lipinski definition) is 0. The number of rotatable bonds is 3. The van der Waals surface area contributed by atoms with Crippen molar-refractivity contribution in [1.82, 2.24) is 0 Å². The highest BCUT2D eigenvalue weighted by molar-refractivity contribution is 6.66. The van der Waals surface area contributed by atoms with Gasteiger partial charge in [0.05, 0.1) is 0 Å². The van der Waals surface area contributed by atoms with Crippen LogP contribution in [0.2, 0.25) is 0 Å². The van der Waals surface area contributed by atoms with E-state index in [1.807, 2.05) is 36.4 Å². The SMILES string of the molecule is Cc1ccccc1-c1ccccc1C=CC(=O)Cl. The number of hydrogen-bond acceptors (Lipinski definition) is 1. The van der Waals surface area contributed by atoms with Crippen molar-refractivity contribution >= 4 is 22.9 Å². The summed E-state index contributed by atoms with van der Waals surface area (Å²) in [5, 5.41) is -0.463. The first-order valence-corrected chi connectivity index (χ1v) is 6.09. The summed E-state index contributed by atoms with van der Waals surface area (Å²) in [6, 6.07) is 16.1. The smallest absolute Gasteiger partial charge is 0.245 e. The molecule has 2 rings (SSSR count). The lowest BCUT2D eigenvalue weighted by Crippen LogP contribution is -1.86. The number of carbonyl (C=O) groups excluding carboxylic acids is 1. The Kier molecular flexibility index (Phi) is 3.96. The van der Waals surface area contributed by atoms with Gasteiger partial charge in [0.2, 0.25) is 5.24 Å². The maximum absolute atomic E-state index is 10.8. The molecule has 0 unspecified atom stereocenters. The highest BCUT2D eigenvalue weighted by Gasteiger charge is 2.04. The van der Waals surface area contributed by atoms with Gasteiger partial charge >= 0.3 is 0 Å². The Balaban J connectivity index is 2.52. The summed E-state index contributed by atoms with van der Waals surface area (Å²) in [5.41, 5.74) is 4.46. The van der Waals surface area contributed by atoms with Gasteiger partial charge in [-0.15, -0.1) is 0 Å². The fraction of sp³-hybridized carbons (Fsp3) is 0.0625. The van der Waals surface area contributed by atoms with Gasteiger partial charge in [-0.3, -0.25) is 4.79 Å². The zero-order valence-electron chi connectivity index (χ0n) is 10.1. The zero-order chi connectivity index (χ0) is 13.0. The molecule has 0 aromatic heterocycles. The molecular weight excluding hydrogens is 244 g/mol. The fourth-order valence-corrected chi connectivity index (χ4v) is 1.98. The highest BCUT2D eigenvalue weighted by atomic mass is 35.5. The summed E-state index contributed by atoms with van der Waals surface area (Å²) in [4.78, 5) is 10.8. The Morgan fingerprint density at radius 3 is 2.28 bits per heavy atom. The number of aryl methyl sites for hydroxylation is 1. The van der Waals surface area contributed by atoms with Gasteiger partial charge in [-0.25, -0.2) is 0 Å². The summed E-state index contributed by atoms with van der Waals surface area (Å²) in [6.07, 6.45) is 3.12. The molecule has 90 valence electrons. The van der Waals surface area contributed by atoms with Gasteiger partial charge < -0.3 is 0 Å². The summed E-state index contributed by atoms with van der Waals surface area (Å²) in [7, 11) is 0. The van der Waals surface area contributed by atoms with Crippen molar-refractivity contribution in [2.75, 3.05) is 0 Å². The Hall–Kier alpha value is -1.86. The van der Waals surface area contributed by atoms with Crippen molar-refractivity contribution in [2.45, 2.75) is 6.92 Å². The van der Waals surface area contributed by atoms with E-state index < -0.39 is 5.24 Å². The lowest BCUT2D eigenvalue weighted by Gasteiger charge is -2.09. The van der Waals surface area contributed by atoms with Crippen LogP contribution in [-0.4, -0.2) is 5.24 Å².